The summed E-state index contributed by atoms with van der Waals surface area (Å²) in [5.74, 6) is -1.40. The molecule has 2 rings (SSSR count). The Balaban J connectivity index is 0.000000506. The summed E-state index contributed by atoms with van der Waals surface area (Å²) in [6, 6.07) is 9.76. The monoisotopic (exact) mass is 598 g/mol. The topological polar surface area (TPSA) is 185 Å². The van der Waals surface area contributed by atoms with Crippen LogP contribution in [0.25, 0.3) is 0 Å². The Kier molecular flexibility index (Phi) is 17.5. The number of nitro groups is 2. The summed E-state index contributed by atoms with van der Waals surface area (Å²) in [4.78, 5) is 40.8. The van der Waals surface area contributed by atoms with E-state index in [4.69, 9.17) is 10.4 Å². The van der Waals surface area contributed by atoms with E-state index >= 15 is 0 Å². The zero-order chi connectivity index (χ0) is 26.6. The summed E-state index contributed by atoms with van der Waals surface area (Å²) >= 11 is 0.149. The zero-order valence-electron chi connectivity index (χ0n) is 19.6. The molecule has 0 aliphatic rings. The SMILES string of the molecule is CCC[CH2][Sn][CH2]CCC.O=C(NO)c1ccc([N+](=O)[O-])cc1.O=C(NO)c1ccc([N+](=O)[O-])cc1. The van der Waals surface area contributed by atoms with Crippen LogP contribution in [-0.4, -0.2) is 53.2 Å². The van der Waals surface area contributed by atoms with Crippen LogP contribution in [0.4, 0.5) is 11.4 Å². The number of hydroxylamine groups is 2. The average Bonchev–Trinajstić information content (AvgIpc) is 2.88. The van der Waals surface area contributed by atoms with Crippen LogP contribution in [0, 0.1) is 20.2 Å². The third kappa shape index (κ3) is 14.0. The number of unbranched alkanes of at least 4 members (excludes halogenated alkanes) is 2. The van der Waals surface area contributed by atoms with Gasteiger partial charge in [-0.2, -0.15) is 0 Å². The van der Waals surface area contributed by atoms with Crippen molar-refractivity contribution in [1.29, 1.82) is 0 Å². The molecule has 190 valence electrons. The molecule has 0 saturated heterocycles. The molecule has 0 spiro atoms. The Morgan fingerprint density at radius 1 is 0.743 bits per heavy atom. The normalized spacial score (nSPS) is 9.49. The fourth-order valence-electron chi connectivity index (χ4n) is 2.33. The van der Waals surface area contributed by atoms with E-state index in [1.165, 1.54) is 85.2 Å². The summed E-state index contributed by atoms with van der Waals surface area (Å²) in [5.41, 5.74) is 2.96. The van der Waals surface area contributed by atoms with E-state index in [1.54, 1.807) is 8.87 Å². The molecule has 0 aliphatic carbocycles. The van der Waals surface area contributed by atoms with E-state index in [1.807, 2.05) is 0 Å². The summed E-state index contributed by atoms with van der Waals surface area (Å²) < 4.78 is 3.25. The fraction of sp³-hybridized carbons (Fsp3) is 0.364. The molecule has 35 heavy (non-hydrogen) atoms. The number of hydrogen-bond donors (Lipinski definition) is 4. The number of nitro benzene ring substituents is 2. The van der Waals surface area contributed by atoms with E-state index in [-0.39, 0.29) is 43.6 Å². The van der Waals surface area contributed by atoms with E-state index < -0.39 is 21.7 Å². The van der Waals surface area contributed by atoms with Crippen LogP contribution in [-0.2, 0) is 0 Å². The molecule has 12 nitrogen and oxygen atoms in total. The summed E-state index contributed by atoms with van der Waals surface area (Å²) in [7, 11) is 0. The second-order valence-electron chi connectivity index (χ2n) is 6.95. The molecule has 0 unspecified atom stereocenters. The minimum atomic E-state index is -0.699. The molecular weight excluding hydrogens is 567 g/mol. The first kappa shape index (κ1) is 31.9. The maximum absolute atomic E-state index is 10.8. The van der Waals surface area contributed by atoms with Crippen molar-refractivity contribution in [1.82, 2.24) is 11.0 Å². The predicted octanol–water partition coefficient (Wildman–Crippen LogP) is 4.56. The molecule has 0 aromatic heterocycles. The molecule has 2 amide bonds. The molecule has 0 fully saturated rings. The number of nitrogens with zero attached hydrogens (tertiary/aromatic N) is 2. The summed E-state index contributed by atoms with van der Waals surface area (Å²) in [6.45, 7) is 4.58. The molecule has 0 bridgehead atoms. The minimum absolute atomic E-state index is 0.102. The van der Waals surface area contributed by atoms with Gasteiger partial charge in [-0.3, -0.25) is 40.2 Å². The maximum atomic E-state index is 10.8. The van der Waals surface area contributed by atoms with Gasteiger partial charge in [0.2, 0.25) is 0 Å². The van der Waals surface area contributed by atoms with Crippen LogP contribution in [0.3, 0.4) is 0 Å². The van der Waals surface area contributed by atoms with Crippen LogP contribution >= 0.6 is 0 Å². The first-order chi connectivity index (χ1) is 16.7. The van der Waals surface area contributed by atoms with Gasteiger partial charge in [0.25, 0.3) is 23.2 Å². The molecular formula is C22H30N4O8Sn. The molecule has 2 radical (unpaired) electrons. The quantitative estimate of drug-likeness (QED) is 0.101. The Labute approximate surface area is 213 Å². The fourth-order valence-corrected chi connectivity index (χ4v) is 6.49. The number of nitrogens with one attached hydrogen (secondary N) is 2. The number of benzene rings is 2. The zero-order valence-corrected chi connectivity index (χ0v) is 22.5. The van der Waals surface area contributed by atoms with Crippen molar-refractivity contribution in [2.45, 2.75) is 48.4 Å². The molecule has 2 aromatic carbocycles. The van der Waals surface area contributed by atoms with Crippen molar-refractivity contribution in [3.05, 3.63) is 79.9 Å². The standard InChI is InChI=1S/2C7H6N2O4.2C4H9.Sn/c2*10-7(8-11)5-1-3-6(4-2-5)9(12)13;2*1-3-4-2;/h2*1-4,11H,(H,8,10);2*1,3-4H2,2H3;. The second-order valence-corrected chi connectivity index (χ2v) is 11.2. The first-order valence-corrected chi connectivity index (χ1v) is 14.8. The van der Waals surface area contributed by atoms with Gasteiger partial charge in [0, 0.05) is 35.4 Å². The number of rotatable bonds is 10. The molecule has 0 heterocycles. The van der Waals surface area contributed by atoms with Gasteiger partial charge in [0.05, 0.1) is 9.85 Å². The van der Waals surface area contributed by atoms with Gasteiger partial charge in [-0.1, -0.05) is 0 Å². The third-order valence-electron chi connectivity index (χ3n) is 4.30. The van der Waals surface area contributed by atoms with E-state index in [0.717, 1.165) is 0 Å². The van der Waals surface area contributed by atoms with Crippen LogP contribution in [0.15, 0.2) is 48.5 Å². The van der Waals surface area contributed by atoms with Gasteiger partial charge < -0.3 is 0 Å². The van der Waals surface area contributed by atoms with Crippen molar-refractivity contribution in [3.63, 3.8) is 0 Å². The van der Waals surface area contributed by atoms with Gasteiger partial charge in [-0.25, -0.2) is 11.0 Å². The average molecular weight is 597 g/mol. The van der Waals surface area contributed by atoms with Crippen LogP contribution in [0.5, 0.6) is 0 Å². The molecule has 0 aliphatic heterocycles. The molecule has 13 heteroatoms. The summed E-state index contributed by atoms with van der Waals surface area (Å²) in [6.07, 6.45) is 5.84. The van der Waals surface area contributed by atoms with Crippen LogP contribution < -0.4 is 11.0 Å². The largest absolute Gasteiger partial charge is 0.288 e. The molecule has 0 atom stereocenters. The number of carbonyl (C=O) groups is 2. The third-order valence-corrected chi connectivity index (χ3v) is 8.33. The van der Waals surface area contributed by atoms with Crippen molar-refractivity contribution >= 4 is 44.3 Å². The predicted molar refractivity (Wildman–Crippen MR) is 130 cm³/mol. The molecule has 2 aromatic rings. The van der Waals surface area contributed by atoms with Gasteiger partial charge in [-0.05, 0) is 24.3 Å². The number of carbonyl (C=O) groups excluding carboxylic acids is 2. The van der Waals surface area contributed by atoms with Gasteiger partial charge in [0.15, 0.2) is 0 Å². The number of non-ortho nitro benzene ring substituents is 2. The van der Waals surface area contributed by atoms with E-state index in [2.05, 4.69) is 13.8 Å². The smallest absolute Gasteiger partial charge is 0.274 e. The Morgan fingerprint density at radius 2 is 1.06 bits per heavy atom. The minimum Gasteiger partial charge on any atom is -0.288 e. The Morgan fingerprint density at radius 3 is 1.29 bits per heavy atom. The van der Waals surface area contributed by atoms with Crippen LogP contribution in [0.1, 0.15) is 60.2 Å². The van der Waals surface area contributed by atoms with Crippen molar-refractivity contribution in [3.8, 4) is 0 Å². The Hall–Kier alpha value is -3.10. The molecule has 0 saturated carbocycles. The van der Waals surface area contributed by atoms with E-state index in [0.29, 0.717) is 0 Å². The van der Waals surface area contributed by atoms with Gasteiger partial charge in [0.1, 0.15) is 0 Å². The van der Waals surface area contributed by atoms with Gasteiger partial charge >= 0.3 is 69.5 Å². The van der Waals surface area contributed by atoms with Gasteiger partial charge in [-0.15, -0.1) is 0 Å². The number of amides is 2. The molecule has 4 N–H and O–H groups in total. The Bertz CT molecular complexity index is 849. The number of hydrogen-bond acceptors (Lipinski definition) is 8. The summed E-state index contributed by atoms with van der Waals surface area (Å²) in [5, 5.41) is 36.9. The van der Waals surface area contributed by atoms with Crippen molar-refractivity contribution < 1.29 is 29.9 Å². The van der Waals surface area contributed by atoms with E-state index in [9.17, 15) is 29.8 Å². The second kappa shape index (κ2) is 19.2. The first-order valence-electron chi connectivity index (χ1n) is 10.8. The maximum Gasteiger partial charge on any atom is 0.274 e. The van der Waals surface area contributed by atoms with Crippen molar-refractivity contribution in [2.75, 3.05) is 0 Å². The van der Waals surface area contributed by atoms with Crippen LogP contribution in [0.2, 0.25) is 8.87 Å². The van der Waals surface area contributed by atoms with Crippen molar-refractivity contribution in [2.24, 2.45) is 0 Å².